The predicted molar refractivity (Wildman–Crippen MR) is 209 cm³/mol. The number of hydrogen-bond acceptors (Lipinski definition) is 5. The minimum atomic E-state index is -3.89. The SMILES string of the molecule is COc1cc(C(C)(C)C(=CN=C(C)SCc2c(F)cc(S(=O)(=O)N3CCC([N+](C)(C)C)CC3)cc2Cl)C(C)C(C)c2ccc(F)cc2)ccc1Cl. The monoisotopic (exact) mass is 780 g/mol. The second-order valence-corrected chi connectivity index (χ2v) is 18.7. The summed E-state index contributed by atoms with van der Waals surface area (Å²) in [5.74, 6) is -0.216. The highest BCUT2D eigenvalue weighted by Crippen LogP contribution is 2.43. The van der Waals surface area contributed by atoms with Crippen molar-refractivity contribution in [3.8, 4) is 5.75 Å². The van der Waals surface area contributed by atoms with Gasteiger partial charge in [-0.15, -0.1) is 11.8 Å². The van der Waals surface area contributed by atoms with E-state index in [-0.39, 0.29) is 38.9 Å². The summed E-state index contributed by atoms with van der Waals surface area (Å²) in [6.45, 7) is 11.1. The Morgan fingerprint density at radius 3 is 2.24 bits per heavy atom. The number of methoxy groups -OCH3 is 1. The molecule has 1 saturated heterocycles. The van der Waals surface area contributed by atoms with Gasteiger partial charge in [0.2, 0.25) is 10.0 Å². The van der Waals surface area contributed by atoms with Gasteiger partial charge < -0.3 is 9.22 Å². The van der Waals surface area contributed by atoms with Gasteiger partial charge in [-0.2, -0.15) is 4.31 Å². The highest BCUT2D eigenvalue weighted by Gasteiger charge is 2.36. The lowest BCUT2D eigenvalue weighted by Gasteiger charge is -2.39. The molecule has 1 aliphatic rings. The topological polar surface area (TPSA) is 59.0 Å². The van der Waals surface area contributed by atoms with E-state index in [1.807, 2.05) is 31.3 Å². The van der Waals surface area contributed by atoms with Gasteiger partial charge >= 0.3 is 0 Å². The molecule has 0 saturated carbocycles. The molecule has 0 spiro atoms. The summed E-state index contributed by atoms with van der Waals surface area (Å²) in [7, 11) is 4.02. The van der Waals surface area contributed by atoms with Crippen LogP contribution in [0.1, 0.15) is 70.1 Å². The van der Waals surface area contributed by atoms with Crippen LogP contribution in [0.3, 0.4) is 0 Å². The molecule has 6 nitrogen and oxygen atoms in total. The first-order valence-corrected chi connectivity index (χ1v) is 20.2. The maximum absolute atomic E-state index is 15.5. The number of halogens is 4. The fourth-order valence-electron chi connectivity index (χ4n) is 6.63. The molecule has 0 bridgehead atoms. The zero-order valence-electron chi connectivity index (χ0n) is 30.9. The molecule has 51 heavy (non-hydrogen) atoms. The second-order valence-electron chi connectivity index (χ2n) is 14.7. The molecule has 0 aliphatic carbocycles. The summed E-state index contributed by atoms with van der Waals surface area (Å²) >= 11 is 14.2. The van der Waals surface area contributed by atoms with Crippen LogP contribution in [0.2, 0.25) is 10.0 Å². The second kappa shape index (κ2) is 16.7. The third-order valence-electron chi connectivity index (χ3n) is 10.3. The molecule has 1 heterocycles. The van der Waals surface area contributed by atoms with Crippen LogP contribution in [-0.4, -0.2) is 69.6 Å². The van der Waals surface area contributed by atoms with Gasteiger partial charge in [-0.3, -0.25) is 4.99 Å². The van der Waals surface area contributed by atoms with E-state index in [0.717, 1.165) is 40.1 Å². The molecule has 1 fully saturated rings. The molecule has 2 unspecified atom stereocenters. The number of sulfonamides is 1. The molecule has 0 N–H and O–H groups in total. The van der Waals surface area contributed by atoms with Crippen LogP contribution < -0.4 is 4.74 Å². The Labute approximate surface area is 317 Å². The first kappa shape index (κ1) is 41.3. The molecule has 12 heteroatoms. The predicted octanol–water partition coefficient (Wildman–Crippen LogP) is 10.1. The molecule has 3 aromatic carbocycles. The average Bonchev–Trinajstić information content (AvgIpc) is 3.07. The van der Waals surface area contributed by atoms with E-state index in [1.54, 1.807) is 19.2 Å². The van der Waals surface area contributed by atoms with Crippen molar-refractivity contribution in [3.05, 3.63) is 105 Å². The van der Waals surface area contributed by atoms with E-state index in [9.17, 15) is 12.8 Å². The van der Waals surface area contributed by atoms with E-state index in [1.165, 1.54) is 34.3 Å². The van der Waals surface area contributed by atoms with E-state index in [4.69, 9.17) is 32.9 Å². The Morgan fingerprint density at radius 2 is 1.67 bits per heavy atom. The molecule has 2 atom stereocenters. The molecule has 0 aromatic heterocycles. The number of quaternary nitrogens is 1. The average molecular weight is 782 g/mol. The number of hydrogen-bond donors (Lipinski definition) is 0. The molecule has 4 rings (SSSR count). The van der Waals surface area contributed by atoms with Crippen LogP contribution >= 0.6 is 35.0 Å². The van der Waals surface area contributed by atoms with Crippen LogP contribution in [0.5, 0.6) is 5.75 Å². The molecule has 1 aliphatic heterocycles. The van der Waals surface area contributed by atoms with Crippen LogP contribution in [0.4, 0.5) is 8.78 Å². The van der Waals surface area contributed by atoms with Gasteiger partial charge in [-0.1, -0.05) is 69.1 Å². The third-order valence-corrected chi connectivity index (χ3v) is 13.8. The van der Waals surface area contributed by atoms with E-state index < -0.39 is 21.3 Å². The van der Waals surface area contributed by atoms with Gasteiger partial charge in [-0.05, 0) is 71.9 Å². The quantitative estimate of drug-likeness (QED) is 0.104. The lowest BCUT2D eigenvalue weighted by molar-refractivity contribution is -0.897. The number of thioether (sulfide) groups is 1. The number of piperidine rings is 1. The maximum Gasteiger partial charge on any atom is 0.243 e. The zero-order valence-corrected chi connectivity index (χ0v) is 34.1. The van der Waals surface area contributed by atoms with Gasteiger partial charge in [-0.25, -0.2) is 17.2 Å². The summed E-state index contributed by atoms with van der Waals surface area (Å²) in [6.07, 6.45) is 3.33. The van der Waals surface area contributed by atoms with Crippen molar-refractivity contribution in [3.63, 3.8) is 0 Å². The Hall–Kier alpha value is -2.47. The first-order chi connectivity index (χ1) is 23.8. The van der Waals surface area contributed by atoms with Crippen molar-refractivity contribution in [2.75, 3.05) is 41.3 Å². The summed E-state index contributed by atoms with van der Waals surface area (Å²) < 4.78 is 63.9. The van der Waals surface area contributed by atoms with Crippen molar-refractivity contribution in [2.24, 2.45) is 10.9 Å². The van der Waals surface area contributed by atoms with Gasteiger partial charge in [0.1, 0.15) is 17.4 Å². The fourth-order valence-corrected chi connectivity index (χ4v) is 9.53. The van der Waals surface area contributed by atoms with Crippen LogP contribution in [0.15, 0.2) is 76.3 Å². The molecule has 0 radical (unpaired) electrons. The summed E-state index contributed by atoms with van der Waals surface area (Å²) in [5, 5.41) is 1.24. The van der Waals surface area contributed by atoms with Crippen molar-refractivity contribution >= 4 is 50.0 Å². The highest BCUT2D eigenvalue weighted by atomic mass is 35.5. The number of allylic oxidation sites excluding steroid dienone is 1. The fraction of sp³-hybridized carbons (Fsp3) is 0.462. The van der Waals surface area contributed by atoms with Crippen LogP contribution in [0.25, 0.3) is 0 Å². The van der Waals surface area contributed by atoms with Crippen molar-refractivity contribution in [1.82, 2.24) is 4.31 Å². The molecule has 0 amide bonds. The lowest BCUT2D eigenvalue weighted by atomic mass is 9.69. The Balaban J connectivity index is 1.59. The zero-order chi connectivity index (χ0) is 37.9. The lowest BCUT2D eigenvalue weighted by Crippen LogP contribution is -2.52. The van der Waals surface area contributed by atoms with E-state index >= 15 is 4.39 Å². The molecular weight excluding hydrogens is 731 g/mol. The molecule has 3 aromatic rings. The number of aliphatic imine (C=N–C) groups is 1. The maximum atomic E-state index is 15.5. The third kappa shape index (κ3) is 9.75. The minimum absolute atomic E-state index is 0.0200. The Kier molecular flexibility index (Phi) is 13.5. The Morgan fingerprint density at radius 1 is 1.04 bits per heavy atom. The smallest absolute Gasteiger partial charge is 0.243 e. The number of rotatable bonds is 12. The van der Waals surface area contributed by atoms with Crippen LogP contribution in [0, 0.1) is 17.6 Å². The Bertz CT molecular complexity index is 1850. The summed E-state index contributed by atoms with van der Waals surface area (Å²) in [4.78, 5) is 4.70. The molecular formula is C39H50Cl2F2N3O3S2+. The highest BCUT2D eigenvalue weighted by molar-refractivity contribution is 8.13. The summed E-state index contributed by atoms with van der Waals surface area (Å²) in [6, 6.07) is 15.1. The van der Waals surface area contributed by atoms with Gasteiger partial charge in [0, 0.05) is 53.9 Å². The number of nitrogens with zero attached hydrogens (tertiary/aromatic N) is 3. The van der Waals surface area contributed by atoms with E-state index in [0.29, 0.717) is 34.9 Å². The normalized spacial score (nSPS) is 17.0. The van der Waals surface area contributed by atoms with Gasteiger partial charge in [0.15, 0.2) is 0 Å². The van der Waals surface area contributed by atoms with Crippen molar-refractivity contribution in [2.45, 2.75) is 75.5 Å². The summed E-state index contributed by atoms with van der Waals surface area (Å²) in [5.41, 5.74) is 2.70. The van der Waals surface area contributed by atoms with Crippen LogP contribution in [-0.2, 0) is 21.2 Å². The first-order valence-electron chi connectivity index (χ1n) is 17.0. The van der Waals surface area contributed by atoms with Crippen molar-refractivity contribution in [1.29, 1.82) is 0 Å². The van der Waals surface area contributed by atoms with Crippen molar-refractivity contribution < 1.29 is 26.4 Å². The number of ether oxygens (including phenoxy) is 1. The van der Waals surface area contributed by atoms with E-state index in [2.05, 4.69) is 48.8 Å². The van der Waals surface area contributed by atoms with Gasteiger partial charge in [0.05, 0.1) is 49.3 Å². The number of benzene rings is 3. The standard InChI is InChI=1S/C39H50Cl2F2N3O3S2/c1-25(28-10-13-30(42)14-11-28)26(2)34(39(4,5)29-12-15-35(40)38(20-29)49-9)23-44-27(3)50-24-33-36(41)21-32(22-37(33)43)51(47,48)45-18-16-31(17-19-45)46(6,7)8/h10-15,20-23,25-26,31H,16-19,24H2,1-9H3/q+1. The minimum Gasteiger partial charge on any atom is -0.495 e. The van der Waals surface area contributed by atoms with Gasteiger partial charge in [0.25, 0.3) is 0 Å². The largest absolute Gasteiger partial charge is 0.495 e. The molecule has 278 valence electrons.